The van der Waals surface area contributed by atoms with Crippen molar-refractivity contribution < 1.29 is 8.78 Å². The maximum Gasteiger partial charge on any atom is 0.142 e. The Morgan fingerprint density at radius 1 is 1.00 bits per heavy atom. The minimum absolute atomic E-state index is 0.0227. The van der Waals surface area contributed by atoms with Crippen LogP contribution in [0.15, 0.2) is 42.5 Å². The lowest BCUT2D eigenvalue weighted by molar-refractivity contribution is 0.596. The molecular weight excluding hydrogens is 244 g/mol. The first kappa shape index (κ1) is 12.0. The number of hydrogen-bond acceptors (Lipinski definition) is 1. The monoisotopic (exact) mass is 253 g/mol. The van der Waals surface area contributed by atoms with Crippen molar-refractivity contribution in [2.45, 2.75) is 6.04 Å². The molecule has 0 amide bonds. The van der Waals surface area contributed by atoms with Crippen LogP contribution in [0, 0.1) is 11.6 Å². The predicted octanol–water partition coefficient (Wildman–Crippen LogP) is 3.67. The van der Waals surface area contributed by atoms with Gasteiger partial charge in [-0.15, -0.1) is 0 Å². The van der Waals surface area contributed by atoms with E-state index in [-0.39, 0.29) is 5.02 Å². The maximum atomic E-state index is 13.5. The van der Waals surface area contributed by atoms with E-state index >= 15 is 0 Å². The van der Waals surface area contributed by atoms with E-state index < -0.39 is 17.7 Å². The van der Waals surface area contributed by atoms with Crippen LogP contribution in [0.25, 0.3) is 0 Å². The molecule has 0 aliphatic heterocycles. The van der Waals surface area contributed by atoms with Gasteiger partial charge in [0.2, 0.25) is 0 Å². The highest BCUT2D eigenvalue weighted by molar-refractivity contribution is 6.30. The first-order chi connectivity index (χ1) is 8.09. The van der Waals surface area contributed by atoms with Gasteiger partial charge in [0.25, 0.3) is 0 Å². The molecule has 2 rings (SSSR count). The Kier molecular flexibility index (Phi) is 3.41. The molecule has 0 radical (unpaired) electrons. The molecule has 1 atom stereocenters. The Hall–Kier alpha value is -1.45. The molecule has 2 aromatic carbocycles. The Morgan fingerprint density at radius 2 is 1.71 bits per heavy atom. The molecule has 0 heterocycles. The molecule has 1 nitrogen and oxygen atoms in total. The first-order valence-corrected chi connectivity index (χ1v) is 5.42. The van der Waals surface area contributed by atoms with Crippen molar-refractivity contribution in [1.82, 2.24) is 0 Å². The molecule has 1 unspecified atom stereocenters. The number of hydrogen-bond donors (Lipinski definition) is 1. The molecule has 88 valence electrons. The smallest absolute Gasteiger partial charge is 0.142 e. The van der Waals surface area contributed by atoms with Crippen LogP contribution in [0.2, 0.25) is 5.02 Å². The lowest BCUT2D eigenvalue weighted by atomic mass is 9.99. The summed E-state index contributed by atoms with van der Waals surface area (Å²) in [5, 5.41) is 0.0227. The van der Waals surface area contributed by atoms with E-state index in [2.05, 4.69) is 0 Å². The summed E-state index contributed by atoms with van der Waals surface area (Å²) in [6.07, 6.45) is 0. The summed E-state index contributed by atoms with van der Waals surface area (Å²) < 4.78 is 26.8. The van der Waals surface area contributed by atoms with Crippen LogP contribution in [-0.2, 0) is 0 Å². The van der Waals surface area contributed by atoms with Crippen molar-refractivity contribution in [2.75, 3.05) is 0 Å². The Morgan fingerprint density at radius 3 is 2.35 bits per heavy atom. The van der Waals surface area contributed by atoms with Crippen LogP contribution in [0.4, 0.5) is 8.78 Å². The predicted molar refractivity (Wildman–Crippen MR) is 63.8 cm³/mol. The second-order valence-electron chi connectivity index (χ2n) is 3.67. The molecule has 17 heavy (non-hydrogen) atoms. The third-order valence-electron chi connectivity index (χ3n) is 2.54. The largest absolute Gasteiger partial charge is 0.320 e. The second-order valence-corrected chi connectivity index (χ2v) is 4.08. The van der Waals surface area contributed by atoms with E-state index in [4.69, 9.17) is 17.3 Å². The molecule has 4 heteroatoms. The van der Waals surface area contributed by atoms with Gasteiger partial charge in [0.15, 0.2) is 0 Å². The van der Waals surface area contributed by atoms with Crippen LogP contribution in [0.1, 0.15) is 17.2 Å². The Bertz CT molecular complexity index is 543. The summed E-state index contributed by atoms with van der Waals surface area (Å²) in [5.74, 6) is -0.966. The lowest BCUT2D eigenvalue weighted by Gasteiger charge is -2.13. The quantitative estimate of drug-likeness (QED) is 0.868. The van der Waals surface area contributed by atoms with Crippen molar-refractivity contribution >= 4 is 11.6 Å². The zero-order chi connectivity index (χ0) is 12.4. The zero-order valence-corrected chi connectivity index (χ0v) is 9.59. The molecule has 0 saturated carbocycles. The molecule has 0 bridgehead atoms. The molecule has 0 spiro atoms. The molecule has 0 aliphatic rings. The minimum atomic E-state index is -0.706. The highest BCUT2D eigenvalue weighted by atomic mass is 35.5. The van der Waals surface area contributed by atoms with Gasteiger partial charge >= 0.3 is 0 Å². The highest BCUT2D eigenvalue weighted by Crippen LogP contribution is 2.25. The topological polar surface area (TPSA) is 26.0 Å². The molecule has 2 aromatic rings. The molecular formula is C13H10ClF2N. The SMILES string of the molecule is NC(c1ccc(Cl)c(F)c1)c1ccccc1F. The van der Waals surface area contributed by atoms with E-state index in [0.717, 1.165) is 0 Å². The number of rotatable bonds is 2. The van der Waals surface area contributed by atoms with E-state index in [9.17, 15) is 8.78 Å². The fourth-order valence-corrected chi connectivity index (χ4v) is 1.73. The maximum absolute atomic E-state index is 13.5. The molecule has 0 fully saturated rings. The van der Waals surface area contributed by atoms with E-state index in [1.807, 2.05) is 0 Å². The normalized spacial score (nSPS) is 12.5. The van der Waals surface area contributed by atoms with Gasteiger partial charge in [-0.2, -0.15) is 0 Å². The average Bonchev–Trinajstić information content (AvgIpc) is 2.32. The summed E-state index contributed by atoms with van der Waals surface area (Å²) in [4.78, 5) is 0. The van der Waals surface area contributed by atoms with Crippen molar-refractivity contribution in [2.24, 2.45) is 5.73 Å². The first-order valence-electron chi connectivity index (χ1n) is 5.04. The van der Waals surface area contributed by atoms with Gasteiger partial charge in [0.05, 0.1) is 11.1 Å². The van der Waals surface area contributed by atoms with Gasteiger partial charge in [-0.05, 0) is 23.8 Å². The number of nitrogens with two attached hydrogens (primary N) is 1. The summed E-state index contributed by atoms with van der Waals surface area (Å²) in [5.41, 5.74) is 6.70. The van der Waals surface area contributed by atoms with Crippen LogP contribution >= 0.6 is 11.6 Å². The van der Waals surface area contributed by atoms with Crippen molar-refractivity contribution in [3.05, 3.63) is 70.2 Å². The van der Waals surface area contributed by atoms with Crippen molar-refractivity contribution in [3.8, 4) is 0 Å². The van der Waals surface area contributed by atoms with Gasteiger partial charge in [-0.3, -0.25) is 0 Å². The van der Waals surface area contributed by atoms with Gasteiger partial charge in [0.1, 0.15) is 11.6 Å². The zero-order valence-electron chi connectivity index (χ0n) is 8.83. The van der Waals surface area contributed by atoms with Gasteiger partial charge in [0, 0.05) is 5.56 Å². The van der Waals surface area contributed by atoms with Gasteiger partial charge in [-0.1, -0.05) is 35.9 Å². The van der Waals surface area contributed by atoms with Crippen LogP contribution in [0.3, 0.4) is 0 Å². The number of benzene rings is 2. The van der Waals surface area contributed by atoms with Crippen LogP contribution < -0.4 is 5.73 Å². The van der Waals surface area contributed by atoms with Crippen LogP contribution in [0.5, 0.6) is 0 Å². The van der Waals surface area contributed by atoms with Gasteiger partial charge < -0.3 is 5.73 Å². The fourth-order valence-electron chi connectivity index (χ4n) is 1.61. The summed E-state index contributed by atoms with van der Waals surface area (Å²) in [7, 11) is 0. The standard InChI is InChI=1S/C13H10ClF2N/c14-10-6-5-8(7-12(10)16)13(17)9-3-1-2-4-11(9)15/h1-7,13H,17H2. The molecule has 2 N–H and O–H groups in total. The molecule has 0 saturated heterocycles. The second kappa shape index (κ2) is 4.82. The Labute approximate surface area is 103 Å². The summed E-state index contributed by atoms with van der Waals surface area (Å²) in [6.45, 7) is 0. The Balaban J connectivity index is 2.40. The van der Waals surface area contributed by atoms with Crippen molar-refractivity contribution in [1.29, 1.82) is 0 Å². The van der Waals surface area contributed by atoms with Crippen LogP contribution in [-0.4, -0.2) is 0 Å². The minimum Gasteiger partial charge on any atom is -0.320 e. The van der Waals surface area contributed by atoms with E-state index in [1.54, 1.807) is 24.3 Å². The van der Waals surface area contributed by atoms with Crippen molar-refractivity contribution in [3.63, 3.8) is 0 Å². The molecule has 0 aliphatic carbocycles. The average molecular weight is 254 g/mol. The highest BCUT2D eigenvalue weighted by Gasteiger charge is 2.14. The number of halogens is 3. The van der Waals surface area contributed by atoms with Gasteiger partial charge in [-0.25, -0.2) is 8.78 Å². The summed E-state index contributed by atoms with van der Waals surface area (Å²) >= 11 is 5.57. The molecule has 0 aromatic heterocycles. The van der Waals surface area contributed by atoms with E-state index in [1.165, 1.54) is 18.2 Å². The third kappa shape index (κ3) is 2.46. The fraction of sp³-hybridized carbons (Fsp3) is 0.0769. The lowest BCUT2D eigenvalue weighted by Crippen LogP contribution is -2.13. The third-order valence-corrected chi connectivity index (χ3v) is 2.85. The van der Waals surface area contributed by atoms with E-state index in [0.29, 0.717) is 11.1 Å². The summed E-state index contributed by atoms with van der Waals surface area (Å²) in [6, 6.07) is 9.67.